The molecule has 1 aliphatic rings. The zero-order chi connectivity index (χ0) is 17.8. The summed E-state index contributed by atoms with van der Waals surface area (Å²) >= 11 is 1.38. The van der Waals surface area contributed by atoms with E-state index in [9.17, 15) is 14.9 Å². The lowest BCUT2D eigenvalue weighted by molar-refractivity contribution is -0.530. The first kappa shape index (κ1) is 17.5. The molecule has 0 bridgehead atoms. The number of rotatable bonds is 5. The number of anilines is 1. The molecule has 8 heteroatoms. The average Bonchev–Trinajstić information content (AvgIpc) is 2.60. The molecular formula is C17H20N4O3S. The standard InChI is InChI=1S/C17H20N4O3S/c18-15-14(12-8-4-5-9-13(12)21(23)24)16(22)20-17(19-15)25-10-11-6-2-1-3-7-11/h1-3,6-7,12-13H,4-5,8-10H2,(H3,18,19,20,22). The van der Waals surface area contributed by atoms with Crippen molar-refractivity contribution in [2.75, 3.05) is 5.73 Å². The Kier molecular flexibility index (Phi) is 5.37. The highest BCUT2D eigenvalue weighted by molar-refractivity contribution is 7.98. The van der Waals surface area contributed by atoms with Crippen LogP contribution in [0, 0.1) is 10.1 Å². The SMILES string of the molecule is Nc1nc(SCc2ccccc2)[nH]c(=O)c1C1CCCCC1[N+](=O)[O-]. The number of benzene rings is 1. The number of nitrogens with two attached hydrogens (primary N) is 1. The molecule has 1 heterocycles. The Balaban J connectivity index is 1.82. The molecule has 2 atom stereocenters. The van der Waals surface area contributed by atoms with Gasteiger partial charge in [0.15, 0.2) is 5.16 Å². The lowest BCUT2D eigenvalue weighted by Crippen LogP contribution is -2.35. The molecule has 0 amide bonds. The van der Waals surface area contributed by atoms with Crippen molar-refractivity contribution in [1.82, 2.24) is 9.97 Å². The van der Waals surface area contributed by atoms with E-state index in [-0.39, 0.29) is 21.9 Å². The van der Waals surface area contributed by atoms with Crippen LogP contribution in [0.4, 0.5) is 5.82 Å². The Bertz CT molecular complexity index is 809. The zero-order valence-corrected chi connectivity index (χ0v) is 14.5. The molecule has 0 aliphatic heterocycles. The lowest BCUT2D eigenvalue weighted by Gasteiger charge is -2.25. The Morgan fingerprint density at radius 2 is 2.00 bits per heavy atom. The summed E-state index contributed by atoms with van der Waals surface area (Å²) in [6.07, 6.45) is 2.73. The number of hydrogen-bond acceptors (Lipinski definition) is 6. The minimum atomic E-state index is -0.762. The molecule has 1 fully saturated rings. The van der Waals surface area contributed by atoms with Gasteiger partial charge in [0, 0.05) is 17.1 Å². The number of nitrogens with zero attached hydrogens (tertiary/aromatic N) is 2. The van der Waals surface area contributed by atoms with Gasteiger partial charge in [0.25, 0.3) is 5.56 Å². The number of nitrogens with one attached hydrogen (secondary N) is 1. The van der Waals surface area contributed by atoms with Crippen molar-refractivity contribution in [3.05, 3.63) is 61.9 Å². The minimum Gasteiger partial charge on any atom is -0.383 e. The van der Waals surface area contributed by atoms with Crippen LogP contribution in [-0.2, 0) is 5.75 Å². The topological polar surface area (TPSA) is 115 Å². The van der Waals surface area contributed by atoms with Crippen molar-refractivity contribution in [1.29, 1.82) is 0 Å². The maximum Gasteiger partial charge on any atom is 0.257 e. The summed E-state index contributed by atoms with van der Waals surface area (Å²) in [4.78, 5) is 30.6. The zero-order valence-electron chi connectivity index (χ0n) is 13.7. The van der Waals surface area contributed by atoms with E-state index in [1.165, 1.54) is 11.8 Å². The fourth-order valence-corrected chi connectivity index (χ4v) is 4.15. The van der Waals surface area contributed by atoms with E-state index in [2.05, 4.69) is 9.97 Å². The van der Waals surface area contributed by atoms with Crippen molar-refractivity contribution in [3.8, 4) is 0 Å². The van der Waals surface area contributed by atoms with Crippen molar-refractivity contribution >= 4 is 17.6 Å². The van der Waals surface area contributed by atoms with Crippen LogP contribution in [0.5, 0.6) is 0 Å². The predicted molar refractivity (Wildman–Crippen MR) is 97.3 cm³/mol. The summed E-state index contributed by atoms with van der Waals surface area (Å²) in [5.74, 6) is 0.301. The lowest BCUT2D eigenvalue weighted by atomic mass is 9.81. The van der Waals surface area contributed by atoms with Gasteiger partial charge in [-0.05, 0) is 18.4 Å². The van der Waals surface area contributed by atoms with Crippen LogP contribution in [0.1, 0.15) is 42.7 Å². The maximum atomic E-state index is 12.5. The fraction of sp³-hybridized carbons (Fsp3) is 0.412. The fourth-order valence-electron chi connectivity index (χ4n) is 3.33. The number of nitrogen functional groups attached to an aromatic ring is 1. The molecular weight excluding hydrogens is 340 g/mol. The third-order valence-corrected chi connectivity index (χ3v) is 5.50. The molecule has 1 aliphatic carbocycles. The van der Waals surface area contributed by atoms with Gasteiger partial charge < -0.3 is 10.7 Å². The third kappa shape index (κ3) is 4.01. The predicted octanol–water partition coefficient (Wildman–Crippen LogP) is 2.95. The number of aromatic nitrogens is 2. The Morgan fingerprint density at radius 3 is 2.68 bits per heavy atom. The van der Waals surface area contributed by atoms with Crippen molar-refractivity contribution < 1.29 is 4.92 Å². The van der Waals surface area contributed by atoms with E-state index in [1.807, 2.05) is 30.3 Å². The van der Waals surface area contributed by atoms with Crippen molar-refractivity contribution in [2.45, 2.75) is 48.6 Å². The molecule has 7 nitrogen and oxygen atoms in total. The summed E-state index contributed by atoms with van der Waals surface area (Å²) in [5, 5.41) is 11.7. The first-order chi connectivity index (χ1) is 12.1. The van der Waals surface area contributed by atoms with E-state index in [1.54, 1.807) is 0 Å². The highest BCUT2D eigenvalue weighted by atomic mass is 32.2. The molecule has 0 saturated heterocycles. The minimum absolute atomic E-state index is 0.109. The molecule has 0 spiro atoms. The van der Waals surface area contributed by atoms with Gasteiger partial charge in [0.1, 0.15) is 5.82 Å². The molecule has 1 aromatic carbocycles. The Morgan fingerprint density at radius 1 is 1.28 bits per heavy atom. The van der Waals surface area contributed by atoms with Gasteiger partial charge in [-0.3, -0.25) is 14.9 Å². The van der Waals surface area contributed by atoms with Crippen LogP contribution in [0.25, 0.3) is 0 Å². The normalized spacial score (nSPS) is 20.3. The smallest absolute Gasteiger partial charge is 0.257 e. The second-order valence-electron chi connectivity index (χ2n) is 6.19. The molecule has 3 rings (SSSR count). The van der Waals surface area contributed by atoms with Gasteiger partial charge in [-0.15, -0.1) is 0 Å². The molecule has 25 heavy (non-hydrogen) atoms. The second-order valence-corrected chi connectivity index (χ2v) is 7.15. The quantitative estimate of drug-likeness (QED) is 0.367. The summed E-state index contributed by atoms with van der Waals surface area (Å²) < 4.78 is 0. The monoisotopic (exact) mass is 360 g/mol. The first-order valence-corrected chi connectivity index (χ1v) is 9.24. The second kappa shape index (κ2) is 7.69. The summed E-state index contributed by atoms with van der Waals surface area (Å²) in [5.41, 5.74) is 7.04. The van der Waals surface area contributed by atoms with Crippen LogP contribution in [-0.4, -0.2) is 20.9 Å². The molecule has 1 aromatic heterocycles. The van der Waals surface area contributed by atoms with Crippen molar-refractivity contribution in [3.63, 3.8) is 0 Å². The average molecular weight is 360 g/mol. The molecule has 0 radical (unpaired) electrons. The molecule has 2 aromatic rings. The summed E-state index contributed by atoms with van der Waals surface area (Å²) in [7, 11) is 0. The van der Waals surface area contributed by atoms with Crippen LogP contribution in [0.2, 0.25) is 0 Å². The molecule has 2 unspecified atom stereocenters. The Labute approximate surface area is 149 Å². The number of hydrogen-bond donors (Lipinski definition) is 2. The first-order valence-electron chi connectivity index (χ1n) is 8.26. The Hall–Kier alpha value is -2.35. The van der Waals surface area contributed by atoms with Gasteiger partial charge >= 0.3 is 0 Å². The highest BCUT2D eigenvalue weighted by Gasteiger charge is 2.38. The van der Waals surface area contributed by atoms with E-state index < -0.39 is 12.0 Å². The van der Waals surface area contributed by atoms with E-state index in [4.69, 9.17) is 5.73 Å². The van der Waals surface area contributed by atoms with E-state index in [0.717, 1.165) is 18.4 Å². The van der Waals surface area contributed by atoms with Gasteiger partial charge in [0.2, 0.25) is 6.04 Å². The van der Waals surface area contributed by atoms with E-state index in [0.29, 0.717) is 23.8 Å². The number of nitro groups is 1. The summed E-state index contributed by atoms with van der Waals surface area (Å²) in [6, 6.07) is 9.06. The maximum absolute atomic E-state index is 12.5. The van der Waals surface area contributed by atoms with Crippen LogP contribution < -0.4 is 11.3 Å². The van der Waals surface area contributed by atoms with Crippen molar-refractivity contribution in [2.24, 2.45) is 0 Å². The molecule has 132 valence electrons. The molecule has 3 N–H and O–H groups in total. The van der Waals surface area contributed by atoms with Gasteiger partial charge in [-0.1, -0.05) is 48.5 Å². The van der Waals surface area contributed by atoms with Gasteiger partial charge in [0.05, 0.1) is 11.5 Å². The highest BCUT2D eigenvalue weighted by Crippen LogP contribution is 2.35. The molecule has 1 saturated carbocycles. The van der Waals surface area contributed by atoms with Crippen LogP contribution >= 0.6 is 11.8 Å². The number of thioether (sulfide) groups is 1. The largest absolute Gasteiger partial charge is 0.383 e. The number of aromatic amines is 1. The van der Waals surface area contributed by atoms with Crippen LogP contribution in [0.15, 0.2) is 40.3 Å². The van der Waals surface area contributed by atoms with E-state index >= 15 is 0 Å². The number of H-pyrrole nitrogens is 1. The summed E-state index contributed by atoms with van der Waals surface area (Å²) in [6.45, 7) is 0. The van der Waals surface area contributed by atoms with Gasteiger partial charge in [-0.2, -0.15) is 0 Å². The van der Waals surface area contributed by atoms with Crippen LogP contribution in [0.3, 0.4) is 0 Å². The third-order valence-electron chi connectivity index (χ3n) is 4.55. The van der Waals surface area contributed by atoms with Gasteiger partial charge in [-0.25, -0.2) is 4.98 Å².